The molecule has 78 valence electrons. The molecule has 0 saturated heterocycles. The van der Waals surface area contributed by atoms with Gasteiger partial charge in [0.05, 0.1) is 5.69 Å². The van der Waals surface area contributed by atoms with Crippen LogP contribution in [-0.2, 0) is 0 Å². The van der Waals surface area contributed by atoms with Crippen LogP contribution in [0.15, 0.2) is 18.2 Å². The molecule has 1 N–H and O–H groups in total. The van der Waals surface area contributed by atoms with E-state index in [1.54, 1.807) is 13.1 Å². The second kappa shape index (κ2) is 3.86. The van der Waals surface area contributed by atoms with Gasteiger partial charge in [-0.25, -0.2) is 4.39 Å². The van der Waals surface area contributed by atoms with Gasteiger partial charge in [0.25, 0.3) is 0 Å². The number of hydrogen-bond donors (Lipinski definition) is 1. The summed E-state index contributed by atoms with van der Waals surface area (Å²) in [5, 5.41) is 2.95. The highest BCUT2D eigenvalue weighted by Gasteiger charge is 2.14. The molecule has 14 heavy (non-hydrogen) atoms. The number of nitrogens with one attached hydrogen (secondary N) is 1. The maximum atomic E-state index is 13.0. The topological polar surface area (TPSA) is 21.3 Å². The van der Waals surface area contributed by atoms with Gasteiger partial charge in [-0.3, -0.25) is 0 Å². The molecule has 3 heteroatoms. The van der Waals surface area contributed by atoms with Crippen molar-refractivity contribution in [2.75, 3.05) is 12.4 Å². The molecule has 1 rings (SSSR count). The fourth-order valence-corrected chi connectivity index (χ4v) is 1.12. The number of anilines is 1. The van der Waals surface area contributed by atoms with Gasteiger partial charge in [-0.1, -0.05) is 0 Å². The van der Waals surface area contributed by atoms with Gasteiger partial charge in [-0.05, 0) is 32.9 Å². The molecule has 0 aliphatic carbocycles. The Bertz CT molecular complexity index is 318. The summed E-state index contributed by atoms with van der Waals surface area (Å²) in [5.74, 6) is 0.253. The predicted molar refractivity (Wildman–Crippen MR) is 56.3 cm³/mol. The Hall–Kier alpha value is -1.25. The monoisotopic (exact) mass is 197 g/mol. The molecule has 0 unspecified atom stereocenters. The van der Waals surface area contributed by atoms with Gasteiger partial charge in [0, 0.05) is 13.1 Å². The fraction of sp³-hybridized carbons (Fsp3) is 0.455. The highest BCUT2D eigenvalue weighted by molar-refractivity contribution is 5.56. The van der Waals surface area contributed by atoms with Crippen molar-refractivity contribution in [1.82, 2.24) is 0 Å². The molecule has 2 nitrogen and oxygen atoms in total. The maximum Gasteiger partial charge on any atom is 0.146 e. The second-order valence-corrected chi connectivity index (χ2v) is 4.10. The SMILES string of the molecule is CNc1ccc(F)cc1OC(C)(C)C. The molecule has 0 fully saturated rings. The van der Waals surface area contributed by atoms with Crippen LogP contribution in [0, 0.1) is 5.82 Å². The van der Waals surface area contributed by atoms with Gasteiger partial charge < -0.3 is 10.1 Å². The van der Waals surface area contributed by atoms with E-state index in [9.17, 15) is 4.39 Å². The number of ether oxygens (including phenoxy) is 1. The van der Waals surface area contributed by atoms with E-state index in [4.69, 9.17) is 4.74 Å². The van der Waals surface area contributed by atoms with E-state index in [-0.39, 0.29) is 11.4 Å². The van der Waals surface area contributed by atoms with Crippen molar-refractivity contribution in [3.8, 4) is 5.75 Å². The quantitative estimate of drug-likeness (QED) is 0.786. The molecule has 0 aliphatic rings. The van der Waals surface area contributed by atoms with Gasteiger partial charge in [-0.2, -0.15) is 0 Å². The first-order valence-electron chi connectivity index (χ1n) is 4.59. The van der Waals surface area contributed by atoms with E-state index in [0.29, 0.717) is 5.75 Å². The lowest BCUT2D eigenvalue weighted by atomic mass is 10.2. The van der Waals surface area contributed by atoms with E-state index >= 15 is 0 Å². The summed E-state index contributed by atoms with van der Waals surface area (Å²) in [6.45, 7) is 5.78. The van der Waals surface area contributed by atoms with Crippen LogP contribution in [0.5, 0.6) is 5.75 Å². The first-order valence-corrected chi connectivity index (χ1v) is 4.59. The van der Waals surface area contributed by atoms with Crippen LogP contribution in [0.2, 0.25) is 0 Å². The van der Waals surface area contributed by atoms with Crippen molar-refractivity contribution >= 4 is 5.69 Å². The first kappa shape index (κ1) is 10.8. The lowest BCUT2D eigenvalue weighted by molar-refractivity contribution is 0.131. The molecule has 0 aromatic heterocycles. The molecule has 0 radical (unpaired) electrons. The zero-order valence-electron chi connectivity index (χ0n) is 9.02. The molecule has 0 saturated carbocycles. The number of halogens is 1. The van der Waals surface area contributed by atoms with Gasteiger partial charge in [0.2, 0.25) is 0 Å². The van der Waals surface area contributed by atoms with Crippen LogP contribution in [0.25, 0.3) is 0 Å². The Balaban J connectivity index is 2.99. The highest BCUT2D eigenvalue weighted by atomic mass is 19.1. The first-order chi connectivity index (χ1) is 6.42. The fourth-order valence-electron chi connectivity index (χ4n) is 1.12. The molecular weight excluding hydrogens is 181 g/mol. The van der Waals surface area contributed by atoms with Crippen molar-refractivity contribution in [2.45, 2.75) is 26.4 Å². The van der Waals surface area contributed by atoms with Gasteiger partial charge >= 0.3 is 0 Å². The maximum absolute atomic E-state index is 13.0. The third-order valence-corrected chi connectivity index (χ3v) is 1.63. The van der Waals surface area contributed by atoms with Crippen molar-refractivity contribution in [3.63, 3.8) is 0 Å². The van der Waals surface area contributed by atoms with Gasteiger partial charge in [0.1, 0.15) is 17.2 Å². The van der Waals surface area contributed by atoms with Gasteiger partial charge in [0.15, 0.2) is 0 Å². The summed E-state index contributed by atoms with van der Waals surface area (Å²) in [7, 11) is 1.78. The van der Waals surface area contributed by atoms with Crippen LogP contribution < -0.4 is 10.1 Å². The van der Waals surface area contributed by atoms with E-state index in [0.717, 1.165) is 5.69 Å². The molecular formula is C11H16FNO. The average molecular weight is 197 g/mol. The van der Waals surface area contributed by atoms with Crippen molar-refractivity contribution in [1.29, 1.82) is 0 Å². The zero-order chi connectivity index (χ0) is 10.8. The van der Waals surface area contributed by atoms with Gasteiger partial charge in [-0.15, -0.1) is 0 Å². The molecule has 0 spiro atoms. The molecule has 0 atom stereocenters. The van der Waals surface area contributed by atoms with Crippen LogP contribution in [0.3, 0.4) is 0 Å². The Morgan fingerprint density at radius 2 is 1.93 bits per heavy atom. The average Bonchev–Trinajstić information content (AvgIpc) is 2.01. The summed E-state index contributed by atoms with van der Waals surface area (Å²) in [4.78, 5) is 0. The summed E-state index contributed by atoms with van der Waals surface area (Å²) < 4.78 is 18.6. The Morgan fingerprint density at radius 1 is 1.29 bits per heavy atom. The molecule has 1 aromatic carbocycles. The van der Waals surface area contributed by atoms with Crippen molar-refractivity contribution in [3.05, 3.63) is 24.0 Å². The smallest absolute Gasteiger partial charge is 0.146 e. The zero-order valence-corrected chi connectivity index (χ0v) is 9.02. The van der Waals surface area contributed by atoms with E-state index in [1.807, 2.05) is 20.8 Å². The minimum absolute atomic E-state index is 0.289. The standard InChI is InChI=1S/C11H16FNO/c1-11(2,3)14-10-7-8(12)5-6-9(10)13-4/h5-7,13H,1-4H3. The van der Waals surface area contributed by atoms with E-state index < -0.39 is 0 Å². The lowest BCUT2D eigenvalue weighted by Gasteiger charge is -2.23. The van der Waals surface area contributed by atoms with Crippen LogP contribution >= 0.6 is 0 Å². The van der Waals surface area contributed by atoms with E-state index in [2.05, 4.69) is 5.32 Å². The molecule has 0 heterocycles. The highest BCUT2D eigenvalue weighted by Crippen LogP contribution is 2.28. The summed E-state index contributed by atoms with van der Waals surface area (Å²) in [5.41, 5.74) is 0.473. The lowest BCUT2D eigenvalue weighted by Crippen LogP contribution is -2.23. The summed E-state index contributed by atoms with van der Waals surface area (Å²) >= 11 is 0. The second-order valence-electron chi connectivity index (χ2n) is 4.10. The van der Waals surface area contributed by atoms with Crippen molar-refractivity contribution in [2.24, 2.45) is 0 Å². The Morgan fingerprint density at radius 3 is 2.43 bits per heavy atom. The van der Waals surface area contributed by atoms with Crippen molar-refractivity contribution < 1.29 is 9.13 Å². The van der Waals surface area contributed by atoms with Crippen LogP contribution in [0.4, 0.5) is 10.1 Å². The Labute approximate surface area is 84.1 Å². The molecule has 0 bridgehead atoms. The number of benzene rings is 1. The minimum atomic E-state index is -0.320. The van der Waals surface area contributed by atoms with E-state index in [1.165, 1.54) is 12.1 Å². The van der Waals surface area contributed by atoms with Crippen LogP contribution in [-0.4, -0.2) is 12.6 Å². The third-order valence-electron chi connectivity index (χ3n) is 1.63. The molecule has 0 aliphatic heterocycles. The minimum Gasteiger partial charge on any atom is -0.486 e. The predicted octanol–water partition coefficient (Wildman–Crippen LogP) is 3.04. The number of hydrogen-bond acceptors (Lipinski definition) is 2. The number of rotatable bonds is 2. The van der Waals surface area contributed by atoms with Crippen LogP contribution in [0.1, 0.15) is 20.8 Å². The third kappa shape index (κ3) is 2.91. The Kier molecular flexibility index (Phi) is 2.99. The molecule has 0 amide bonds. The summed E-state index contributed by atoms with van der Waals surface area (Å²) in [6.07, 6.45) is 0. The summed E-state index contributed by atoms with van der Waals surface area (Å²) in [6, 6.07) is 4.45. The normalized spacial score (nSPS) is 11.2. The largest absolute Gasteiger partial charge is 0.486 e. The molecule has 1 aromatic rings.